The Morgan fingerprint density at radius 2 is 2.12 bits per heavy atom. The maximum Gasteiger partial charge on any atom is 0.290 e. The zero-order valence-corrected chi connectivity index (χ0v) is 14.5. The van der Waals surface area contributed by atoms with Crippen LogP contribution in [0.3, 0.4) is 0 Å². The number of morpholine rings is 1. The van der Waals surface area contributed by atoms with Crippen LogP contribution in [0, 0.1) is 6.92 Å². The van der Waals surface area contributed by atoms with Crippen LogP contribution in [0.2, 0.25) is 0 Å². The number of amides is 2. The predicted octanol–water partition coefficient (Wildman–Crippen LogP) is 0.999. The fraction of sp³-hybridized carbons (Fsp3) is 0.444. The maximum atomic E-state index is 12.9. The molecule has 1 aromatic heterocycles. The molecule has 7 heteroatoms. The molecule has 7 nitrogen and oxygen atoms in total. The minimum atomic E-state index is -0.385. The summed E-state index contributed by atoms with van der Waals surface area (Å²) in [6.45, 7) is 4.03. The quantitative estimate of drug-likeness (QED) is 0.873. The van der Waals surface area contributed by atoms with Crippen LogP contribution in [0.1, 0.15) is 16.1 Å². The molecule has 1 aromatic carbocycles. The van der Waals surface area contributed by atoms with Crippen LogP contribution in [0.15, 0.2) is 28.7 Å². The van der Waals surface area contributed by atoms with E-state index in [2.05, 4.69) is 0 Å². The second kappa shape index (κ2) is 7.25. The molecule has 1 aliphatic rings. The molecule has 0 aliphatic carbocycles. The Labute approximate surface area is 146 Å². The molecule has 0 saturated carbocycles. The summed E-state index contributed by atoms with van der Waals surface area (Å²) in [6.07, 6.45) is -0.160. The molecule has 1 unspecified atom stereocenters. The number of furan rings is 1. The maximum absolute atomic E-state index is 12.9. The van der Waals surface area contributed by atoms with Crippen molar-refractivity contribution in [3.05, 3.63) is 35.6 Å². The number of carbonyl (C=O) groups is 2. The lowest BCUT2D eigenvalue weighted by molar-refractivity contribution is -0.119. The number of fused-ring (bicyclic) bond motifs is 1. The lowest BCUT2D eigenvalue weighted by Crippen LogP contribution is -2.50. The third-order valence-electron chi connectivity index (χ3n) is 4.40. The highest BCUT2D eigenvalue weighted by Gasteiger charge is 2.29. The van der Waals surface area contributed by atoms with Crippen molar-refractivity contribution in [2.45, 2.75) is 13.0 Å². The summed E-state index contributed by atoms with van der Waals surface area (Å²) in [4.78, 5) is 27.4. The molecule has 134 valence electrons. The molecule has 2 aromatic rings. The summed E-state index contributed by atoms with van der Waals surface area (Å²) in [5, 5.41) is 0.955. The van der Waals surface area contributed by atoms with E-state index in [-0.39, 0.29) is 24.5 Å². The molecule has 25 heavy (non-hydrogen) atoms. The SMILES string of the molecule is Cc1c(C(=O)N2CCOC(CN(C)CC(N)=O)C2)oc2ccccc12. The van der Waals surface area contributed by atoms with E-state index in [1.165, 1.54) is 0 Å². The van der Waals surface area contributed by atoms with Gasteiger partial charge in [0.15, 0.2) is 5.76 Å². The summed E-state index contributed by atoms with van der Waals surface area (Å²) in [6, 6.07) is 7.63. The number of nitrogens with zero attached hydrogens (tertiary/aromatic N) is 2. The van der Waals surface area contributed by atoms with E-state index >= 15 is 0 Å². The molecule has 2 amide bonds. The smallest absolute Gasteiger partial charge is 0.290 e. The number of hydrogen-bond donors (Lipinski definition) is 1. The zero-order valence-electron chi connectivity index (χ0n) is 14.5. The van der Waals surface area contributed by atoms with Gasteiger partial charge in [0, 0.05) is 30.6 Å². The molecule has 1 saturated heterocycles. The minimum Gasteiger partial charge on any atom is -0.451 e. The van der Waals surface area contributed by atoms with Gasteiger partial charge in [-0.25, -0.2) is 0 Å². The Balaban J connectivity index is 1.71. The Hall–Kier alpha value is -2.38. The average molecular weight is 345 g/mol. The molecule has 3 rings (SSSR count). The van der Waals surface area contributed by atoms with Gasteiger partial charge < -0.3 is 19.8 Å². The molecule has 1 fully saturated rings. The standard InChI is InChI=1S/C18H23N3O4/c1-12-14-5-3-4-6-15(14)25-17(12)18(23)21-7-8-24-13(10-21)9-20(2)11-16(19)22/h3-6,13H,7-11H2,1-2H3,(H2,19,22). The van der Waals surface area contributed by atoms with E-state index in [0.717, 1.165) is 10.9 Å². The van der Waals surface area contributed by atoms with Crippen molar-refractivity contribution in [2.75, 3.05) is 39.8 Å². The average Bonchev–Trinajstić information content (AvgIpc) is 2.91. The first-order valence-electron chi connectivity index (χ1n) is 8.31. The third kappa shape index (κ3) is 3.83. The number of likely N-dealkylation sites (N-methyl/N-ethyl adjacent to an activating group) is 1. The monoisotopic (exact) mass is 345 g/mol. The first kappa shape index (κ1) is 17.4. The number of nitrogens with two attached hydrogens (primary N) is 1. The van der Waals surface area contributed by atoms with Crippen molar-refractivity contribution in [2.24, 2.45) is 5.73 Å². The van der Waals surface area contributed by atoms with Crippen LogP contribution in [0.5, 0.6) is 0 Å². The number of ether oxygens (including phenoxy) is 1. The Morgan fingerprint density at radius 1 is 1.36 bits per heavy atom. The van der Waals surface area contributed by atoms with Crippen molar-refractivity contribution in [1.29, 1.82) is 0 Å². The van der Waals surface area contributed by atoms with Crippen LogP contribution in [0.4, 0.5) is 0 Å². The van der Waals surface area contributed by atoms with Crippen molar-refractivity contribution in [3.63, 3.8) is 0 Å². The van der Waals surface area contributed by atoms with Gasteiger partial charge in [0.1, 0.15) is 5.58 Å². The number of aryl methyl sites for hydroxylation is 1. The van der Waals surface area contributed by atoms with Crippen LogP contribution >= 0.6 is 0 Å². The topological polar surface area (TPSA) is 89.0 Å². The molecule has 0 spiro atoms. The lowest BCUT2D eigenvalue weighted by Gasteiger charge is -2.34. The molecular weight excluding hydrogens is 322 g/mol. The van der Waals surface area contributed by atoms with Crippen LogP contribution in [-0.2, 0) is 9.53 Å². The first-order valence-corrected chi connectivity index (χ1v) is 8.31. The zero-order chi connectivity index (χ0) is 18.0. The second-order valence-electron chi connectivity index (χ2n) is 6.46. The van der Waals surface area contributed by atoms with E-state index in [9.17, 15) is 9.59 Å². The number of benzene rings is 1. The number of carbonyl (C=O) groups excluding carboxylic acids is 2. The molecule has 0 bridgehead atoms. The van der Waals surface area contributed by atoms with Gasteiger partial charge in [-0.3, -0.25) is 14.5 Å². The van der Waals surface area contributed by atoms with Gasteiger partial charge in [-0.1, -0.05) is 18.2 Å². The molecule has 2 heterocycles. The van der Waals surface area contributed by atoms with Gasteiger partial charge in [-0.2, -0.15) is 0 Å². The molecule has 1 atom stereocenters. The molecule has 1 aliphatic heterocycles. The molecule has 0 radical (unpaired) electrons. The van der Waals surface area contributed by atoms with Crippen molar-refractivity contribution < 1.29 is 18.7 Å². The van der Waals surface area contributed by atoms with Gasteiger partial charge in [0.05, 0.1) is 19.3 Å². The predicted molar refractivity (Wildman–Crippen MR) is 93.3 cm³/mol. The second-order valence-corrected chi connectivity index (χ2v) is 6.46. The Bertz CT molecular complexity index is 786. The number of rotatable bonds is 5. The van der Waals surface area contributed by atoms with Gasteiger partial charge in [-0.15, -0.1) is 0 Å². The van der Waals surface area contributed by atoms with Crippen LogP contribution in [0.25, 0.3) is 11.0 Å². The fourth-order valence-electron chi connectivity index (χ4n) is 3.21. The highest BCUT2D eigenvalue weighted by atomic mass is 16.5. The highest BCUT2D eigenvalue weighted by molar-refractivity contribution is 5.99. The van der Waals surface area contributed by atoms with Crippen molar-refractivity contribution >= 4 is 22.8 Å². The van der Waals surface area contributed by atoms with E-state index in [1.807, 2.05) is 31.2 Å². The van der Waals surface area contributed by atoms with E-state index in [1.54, 1.807) is 16.8 Å². The third-order valence-corrected chi connectivity index (χ3v) is 4.40. The summed E-state index contributed by atoms with van der Waals surface area (Å²) in [7, 11) is 1.80. The molecule has 2 N–H and O–H groups in total. The van der Waals surface area contributed by atoms with E-state index in [4.69, 9.17) is 14.9 Å². The summed E-state index contributed by atoms with van der Waals surface area (Å²) in [5.41, 5.74) is 6.78. The summed E-state index contributed by atoms with van der Waals surface area (Å²) >= 11 is 0. The van der Waals surface area contributed by atoms with Crippen LogP contribution in [-0.4, -0.2) is 67.6 Å². The van der Waals surface area contributed by atoms with E-state index < -0.39 is 0 Å². The van der Waals surface area contributed by atoms with Gasteiger partial charge in [0.2, 0.25) is 5.91 Å². The normalized spacial score (nSPS) is 18.0. The van der Waals surface area contributed by atoms with Gasteiger partial charge in [0.25, 0.3) is 5.91 Å². The van der Waals surface area contributed by atoms with E-state index in [0.29, 0.717) is 37.6 Å². The lowest BCUT2D eigenvalue weighted by atomic mass is 10.1. The number of hydrogen-bond acceptors (Lipinski definition) is 5. The van der Waals surface area contributed by atoms with Crippen molar-refractivity contribution in [3.8, 4) is 0 Å². The van der Waals surface area contributed by atoms with Gasteiger partial charge >= 0.3 is 0 Å². The van der Waals surface area contributed by atoms with Crippen molar-refractivity contribution in [1.82, 2.24) is 9.80 Å². The fourth-order valence-corrected chi connectivity index (χ4v) is 3.21. The summed E-state index contributed by atoms with van der Waals surface area (Å²) < 4.78 is 11.5. The van der Waals surface area contributed by atoms with Gasteiger partial charge in [-0.05, 0) is 20.0 Å². The molecular formula is C18H23N3O4. The Kier molecular flexibility index (Phi) is 5.06. The highest BCUT2D eigenvalue weighted by Crippen LogP contribution is 2.26. The van der Waals surface area contributed by atoms with Crippen LogP contribution < -0.4 is 5.73 Å². The summed E-state index contributed by atoms with van der Waals surface area (Å²) in [5.74, 6) is -0.129. The minimum absolute atomic E-state index is 0.125. The number of primary amides is 1. The largest absolute Gasteiger partial charge is 0.451 e. The Morgan fingerprint density at radius 3 is 2.84 bits per heavy atom. The number of para-hydroxylation sites is 1. The first-order chi connectivity index (χ1) is 12.0.